The highest BCUT2D eigenvalue weighted by Crippen LogP contribution is 2.24. The predicted molar refractivity (Wildman–Crippen MR) is 84.6 cm³/mol. The molecule has 6 nitrogen and oxygen atoms in total. The molecule has 0 aliphatic heterocycles. The fourth-order valence-electron chi connectivity index (χ4n) is 1.97. The van der Waals surface area contributed by atoms with E-state index in [4.69, 9.17) is 5.73 Å². The van der Waals surface area contributed by atoms with Crippen LogP contribution in [0.25, 0.3) is 0 Å². The molecule has 3 rings (SSSR count). The number of nitrogens with one attached hydrogen (secondary N) is 2. The second kappa shape index (κ2) is 6.15. The minimum absolute atomic E-state index is 0.113. The zero-order valence-electron chi connectivity index (χ0n) is 11.8. The molecule has 1 aliphatic rings. The summed E-state index contributed by atoms with van der Waals surface area (Å²) < 4.78 is 4.02. The molecule has 4 N–H and O–H groups in total. The van der Waals surface area contributed by atoms with Gasteiger partial charge in [0.15, 0.2) is 5.69 Å². The summed E-state index contributed by atoms with van der Waals surface area (Å²) in [5.74, 6) is -0.623. The van der Waals surface area contributed by atoms with Crippen molar-refractivity contribution in [3.05, 3.63) is 46.5 Å². The molecule has 0 atom stereocenters. The highest BCUT2D eigenvalue weighted by molar-refractivity contribution is 7.09. The van der Waals surface area contributed by atoms with Gasteiger partial charge in [-0.2, -0.15) is 4.37 Å². The summed E-state index contributed by atoms with van der Waals surface area (Å²) in [5.41, 5.74) is 7.14. The first-order valence-electron chi connectivity index (χ1n) is 7.03. The number of amides is 2. The summed E-state index contributed by atoms with van der Waals surface area (Å²) in [6, 6.07) is 9.79. The van der Waals surface area contributed by atoms with Crippen LogP contribution in [0.5, 0.6) is 0 Å². The van der Waals surface area contributed by atoms with Gasteiger partial charge in [0.05, 0.1) is 5.69 Å². The molecule has 7 heteroatoms. The summed E-state index contributed by atoms with van der Waals surface area (Å²) >= 11 is 0.956. The Morgan fingerprint density at radius 1 is 1.23 bits per heavy atom. The van der Waals surface area contributed by atoms with E-state index in [2.05, 4.69) is 15.0 Å². The van der Waals surface area contributed by atoms with Crippen molar-refractivity contribution >= 4 is 29.0 Å². The summed E-state index contributed by atoms with van der Waals surface area (Å²) in [5, 5.41) is 5.60. The highest BCUT2D eigenvalue weighted by atomic mass is 32.1. The van der Waals surface area contributed by atoms with Crippen LogP contribution < -0.4 is 16.4 Å². The summed E-state index contributed by atoms with van der Waals surface area (Å²) in [7, 11) is 0. The molecule has 2 amide bonds. The second-order valence-corrected chi connectivity index (χ2v) is 5.96. The zero-order chi connectivity index (χ0) is 15.5. The number of benzene rings is 1. The fraction of sp³-hybridized carbons (Fsp3) is 0.267. The van der Waals surface area contributed by atoms with Crippen LogP contribution in [-0.4, -0.2) is 22.2 Å². The number of anilines is 1. The third kappa shape index (κ3) is 3.25. The maximum absolute atomic E-state index is 12.1. The van der Waals surface area contributed by atoms with Crippen molar-refractivity contribution in [2.45, 2.75) is 25.4 Å². The zero-order valence-corrected chi connectivity index (χ0v) is 12.7. The molecular formula is C15H16N4O2S. The molecule has 22 heavy (non-hydrogen) atoms. The lowest BCUT2D eigenvalue weighted by Gasteiger charge is -2.04. The minimum Gasteiger partial charge on any atom is -0.395 e. The molecule has 2 aromatic rings. The molecule has 114 valence electrons. The Morgan fingerprint density at radius 3 is 2.64 bits per heavy atom. The predicted octanol–water partition coefficient (Wildman–Crippen LogP) is 1.55. The van der Waals surface area contributed by atoms with Crippen molar-refractivity contribution in [3.63, 3.8) is 0 Å². The van der Waals surface area contributed by atoms with Crippen molar-refractivity contribution in [1.29, 1.82) is 0 Å². The van der Waals surface area contributed by atoms with Crippen LogP contribution in [0.3, 0.4) is 0 Å². The minimum atomic E-state index is -0.372. The molecule has 0 spiro atoms. The van der Waals surface area contributed by atoms with Crippen molar-refractivity contribution in [1.82, 2.24) is 15.0 Å². The number of rotatable bonds is 5. The van der Waals surface area contributed by atoms with E-state index in [1.54, 1.807) is 0 Å². The van der Waals surface area contributed by atoms with Crippen molar-refractivity contribution in [3.8, 4) is 0 Å². The molecule has 1 aromatic heterocycles. The van der Waals surface area contributed by atoms with Gasteiger partial charge in [-0.15, -0.1) is 0 Å². The van der Waals surface area contributed by atoms with Gasteiger partial charge in [0.2, 0.25) is 0 Å². The number of carbonyl (C=O) groups is 2. The van der Waals surface area contributed by atoms with Gasteiger partial charge in [-0.3, -0.25) is 9.59 Å². The van der Waals surface area contributed by atoms with Crippen LogP contribution in [0.15, 0.2) is 30.3 Å². The SMILES string of the molecule is Nc1c(C(=O)NCc2ccccc2)nsc1C(=O)NC1CC1. The Kier molecular flexibility index (Phi) is 4.06. The molecule has 1 aliphatic carbocycles. The van der Waals surface area contributed by atoms with E-state index in [-0.39, 0.29) is 29.2 Å². The molecule has 0 bridgehead atoms. The Balaban J connectivity index is 1.65. The number of nitrogen functional groups attached to an aromatic ring is 1. The Bertz CT molecular complexity index is 695. The lowest BCUT2D eigenvalue weighted by atomic mass is 10.2. The van der Waals surface area contributed by atoms with E-state index in [9.17, 15) is 9.59 Å². The van der Waals surface area contributed by atoms with Gasteiger partial charge in [-0.1, -0.05) is 30.3 Å². The van der Waals surface area contributed by atoms with Crippen LogP contribution in [0.4, 0.5) is 5.69 Å². The molecular weight excluding hydrogens is 300 g/mol. The van der Waals surface area contributed by atoms with E-state index in [0.29, 0.717) is 11.4 Å². The Morgan fingerprint density at radius 2 is 1.95 bits per heavy atom. The van der Waals surface area contributed by atoms with E-state index in [1.165, 1.54) is 0 Å². The van der Waals surface area contributed by atoms with Gasteiger partial charge in [-0.05, 0) is 29.9 Å². The van der Waals surface area contributed by atoms with Crippen molar-refractivity contribution < 1.29 is 9.59 Å². The first-order chi connectivity index (χ1) is 10.6. The van der Waals surface area contributed by atoms with Gasteiger partial charge >= 0.3 is 0 Å². The monoisotopic (exact) mass is 316 g/mol. The van der Waals surface area contributed by atoms with Crippen molar-refractivity contribution in [2.75, 3.05) is 5.73 Å². The van der Waals surface area contributed by atoms with Gasteiger partial charge in [0.25, 0.3) is 11.8 Å². The lowest BCUT2D eigenvalue weighted by Crippen LogP contribution is -2.26. The first-order valence-corrected chi connectivity index (χ1v) is 7.80. The lowest BCUT2D eigenvalue weighted by molar-refractivity contribution is 0.0946. The Labute approximate surface area is 131 Å². The molecule has 1 saturated carbocycles. The van der Waals surface area contributed by atoms with E-state index in [1.807, 2.05) is 30.3 Å². The molecule has 1 heterocycles. The molecule has 0 radical (unpaired) electrons. The van der Waals surface area contributed by atoms with Crippen LogP contribution in [0, 0.1) is 0 Å². The summed E-state index contributed by atoms with van der Waals surface area (Å²) in [6.45, 7) is 0.389. The smallest absolute Gasteiger partial charge is 0.273 e. The van der Waals surface area contributed by atoms with Gasteiger partial charge in [0.1, 0.15) is 4.88 Å². The first kappa shape index (κ1) is 14.5. The normalized spacial score (nSPS) is 13.6. The quantitative estimate of drug-likeness (QED) is 0.779. The fourth-order valence-corrected chi connectivity index (χ4v) is 2.67. The van der Waals surface area contributed by atoms with Gasteiger partial charge in [-0.25, -0.2) is 0 Å². The average molecular weight is 316 g/mol. The number of nitrogens with zero attached hydrogens (tertiary/aromatic N) is 1. The maximum atomic E-state index is 12.1. The number of hydrogen-bond acceptors (Lipinski definition) is 5. The molecule has 0 unspecified atom stereocenters. The van der Waals surface area contributed by atoms with E-state index >= 15 is 0 Å². The maximum Gasteiger partial charge on any atom is 0.273 e. The van der Waals surface area contributed by atoms with Crippen LogP contribution in [0.2, 0.25) is 0 Å². The standard InChI is InChI=1S/C15H16N4O2S/c16-11-12(14(20)17-8-9-4-2-1-3-5-9)19-22-13(11)15(21)18-10-6-7-10/h1-5,10H,6-8,16H2,(H,17,20)(H,18,21). The number of aromatic nitrogens is 1. The van der Waals surface area contributed by atoms with Gasteiger partial charge in [0, 0.05) is 12.6 Å². The highest BCUT2D eigenvalue weighted by Gasteiger charge is 2.27. The Hall–Kier alpha value is -2.41. The topological polar surface area (TPSA) is 97.1 Å². The molecule has 1 aromatic carbocycles. The largest absolute Gasteiger partial charge is 0.395 e. The second-order valence-electron chi connectivity index (χ2n) is 5.19. The van der Waals surface area contributed by atoms with E-state index in [0.717, 1.165) is 29.9 Å². The number of nitrogens with two attached hydrogens (primary N) is 1. The van der Waals surface area contributed by atoms with Crippen LogP contribution >= 0.6 is 11.5 Å². The number of hydrogen-bond donors (Lipinski definition) is 3. The third-order valence-electron chi connectivity index (χ3n) is 3.36. The third-order valence-corrected chi connectivity index (χ3v) is 4.22. The van der Waals surface area contributed by atoms with Crippen LogP contribution in [-0.2, 0) is 6.54 Å². The van der Waals surface area contributed by atoms with E-state index < -0.39 is 0 Å². The van der Waals surface area contributed by atoms with Crippen LogP contribution in [0.1, 0.15) is 38.6 Å². The summed E-state index contributed by atoms with van der Waals surface area (Å²) in [6.07, 6.45) is 1.99. The molecule has 0 saturated heterocycles. The van der Waals surface area contributed by atoms with Crippen molar-refractivity contribution in [2.24, 2.45) is 0 Å². The number of carbonyl (C=O) groups excluding carboxylic acids is 2. The molecule has 1 fully saturated rings. The average Bonchev–Trinajstić information content (AvgIpc) is 3.25. The van der Waals surface area contributed by atoms with Gasteiger partial charge < -0.3 is 16.4 Å². The summed E-state index contributed by atoms with van der Waals surface area (Å²) in [4.78, 5) is 24.4.